The fourth-order valence-corrected chi connectivity index (χ4v) is 2.17. The minimum atomic E-state index is -0.253. The lowest BCUT2D eigenvalue weighted by Gasteiger charge is -2.13. The summed E-state index contributed by atoms with van der Waals surface area (Å²) < 4.78 is 10.6. The molecule has 0 saturated carbocycles. The minimum absolute atomic E-state index is 0.253. The van der Waals surface area contributed by atoms with Crippen molar-refractivity contribution in [1.82, 2.24) is 0 Å². The van der Waals surface area contributed by atoms with Gasteiger partial charge in [-0.05, 0) is 42.3 Å². The average Bonchev–Trinajstić information content (AvgIpc) is 2.54. The number of ether oxygens (including phenoxy) is 2. The van der Waals surface area contributed by atoms with Gasteiger partial charge in [0, 0.05) is 5.69 Å². The van der Waals surface area contributed by atoms with Gasteiger partial charge in [0.05, 0.1) is 19.8 Å². The van der Waals surface area contributed by atoms with E-state index >= 15 is 0 Å². The summed E-state index contributed by atoms with van der Waals surface area (Å²) in [4.78, 5) is 12.5. The highest BCUT2D eigenvalue weighted by Gasteiger charge is 2.16. The zero-order valence-corrected chi connectivity index (χ0v) is 13.0. The molecule has 0 aliphatic carbocycles. The largest absolute Gasteiger partial charge is 0.496 e. The van der Waals surface area contributed by atoms with Crippen molar-refractivity contribution in [3.8, 4) is 11.5 Å². The van der Waals surface area contributed by atoms with E-state index < -0.39 is 0 Å². The van der Waals surface area contributed by atoms with Crippen molar-refractivity contribution in [3.63, 3.8) is 0 Å². The normalized spacial score (nSPS) is 9.95. The van der Waals surface area contributed by atoms with Crippen LogP contribution in [0, 0.1) is 6.92 Å². The van der Waals surface area contributed by atoms with Gasteiger partial charge in [-0.15, -0.1) is 0 Å². The van der Waals surface area contributed by atoms with Crippen LogP contribution in [0.25, 0.3) is 6.08 Å². The van der Waals surface area contributed by atoms with Gasteiger partial charge < -0.3 is 14.8 Å². The quantitative estimate of drug-likeness (QED) is 0.910. The van der Waals surface area contributed by atoms with Crippen LogP contribution in [0.15, 0.2) is 43.0 Å². The first-order valence-corrected chi connectivity index (χ1v) is 6.85. The Hall–Kier alpha value is -2.75. The number of rotatable bonds is 5. The summed E-state index contributed by atoms with van der Waals surface area (Å²) in [7, 11) is 3.11. The highest BCUT2D eigenvalue weighted by molar-refractivity contribution is 6.06. The molecule has 114 valence electrons. The lowest BCUT2D eigenvalue weighted by molar-refractivity contribution is 0.102. The van der Waals surface area contributed by atoms with Crippen molar-refractivity contribution in [2.24, 2.45) is 0 Å². The van der Waals surface area contributed by atoms with E-state index in [1.807, 2.05) is 31.2 Å². The molecule has 4 nitrogen and oxygen atoms in total. The highest BCUT2D eigenvalue weighted by Crippen LogP contribution is 2.29. The Morgan fingerprint density at radius 1 is 1.14 bits per heavy atom. The number of anilines is 1. The first-order chi connectivity index (χ1) is 10.6. The van der Waals surface area contributed by atoms with E-state index in [2.05, 4.69) is 11.9 Å². The fraction of sp³-hybridized carbons (Fsp3) is 0.167. The molecular formula is C18H19NO3. The van der Waals surface area contributed by atoms with Crippen LogP contribution in [-0.4, -0.2) is 20.1 Å². The predicted molar refractivity (Wildman–Crippen MR) is 88.8 cm³/mol. The lowest BCUT2D eigenvalue weighted by Crippen LogP contribution is -2.13. The van der Waals surface area contributed by atoms with Crippen molar-refractivity contribution in [2.75, 3.05) is 19.5 Å². The number of aryl methyl sites for hydroxylation is 1. The standard InChI is InChI=1S/C18H19NO3/c1-5-13-7-6-8-14(10-13)19-18(20)15-11-16(21-3)12(2)9-17(15)22-4/h5-11H,1H2,2-4H3,(H,19,20). The number of hydrogen-bond acceptors (Lipinski definition) is 3. The number of hydrogen-bond donors (Lipinski definition) is 1. The number of carbonyl (C=O) groups excluding carboxylic acids is 1. The van der Waals surface area contributed by atoms with Crippen molar-refractivity contribution >= 4 is 17.7 Å². The van der Waals surface area contributed by atoms with Gasteiger partial charge in [0.2, 0.25) is 0 Å². The summed E-state index contributed by atoms with van der Waals surface area (Å²) in [5, 5.41) is 2.86. The van der Waals surface area contributed by atoms with E-state index in [-0.39, 0.29) is 5.91 Å². The Balaban J connectivity index is 2.34. The molecule has 0 spiro atoms. The predicted octanol–water partition coefficient (Wildman–Crippen LogP) is 3.91. The summed E-state index contributed by atoms with van der Waals surface area (Å²) in [6.07, 6.45) is 1.73. The number of benzene rings is 2. The van der Waals surface area contributed by atoms with Gasteiger partial charge in [-0.2, -0.15) is 0 Å². The molecule has 2 aromatic rings. The molecule has 4 heteroatoms. The van der Waals surface area contributed by atoms with Gasteiger partial charge in [-0.3, -0.25) is 4.79 Å². The Kier molecular flexibility index (Phi) is 4.84. The first-order valence-electron chi connectivity index (χ1n) is 6.85. The topological polar surface area (TPSA) is 47.6 Å². The molecule has 0 aromatic heterocycles. The molecular weight excluding hydrogens is 278 g/mol. The summed E-state index contributed by atoms with van der Waals surface area (Å²) in [5.74, 6) is 0.901. The molecule has 0 atom stereocenters. The minimum Gasteiger partial charge on any atom is -0.496 e. The average molecular weight is 297 g/mol. The van der Waals surface area contributed by atoms with Crippen molar-refractivity contribution in [3.05, 3.63) is 59.7 Å². The maximum absolute atomic E-state index is 12.5. The first kappa shape index (κ1) is 15.6. The van der Waals surface area contributed by atoms with Crippen LogP contribution in [0.3, 0.4) is 0 Å². The van der Waals surface area contributed by atoms with E-state index in [9.17, 15) is 4.79 Å². The van der Waals surface area contributed by atoms with Crippen LogP contribution in [0.5, 0.6) is 11.5 Å². The molecule has 2 rings (SSSR count). The lowest BCUT2D eigenvalue weighted by atomic mass is 10.1. The maximum atomic E-state index is 12.5. The van der Waals surface area contributed by atoms with Gasteiger partial charge in [0.25, 0.3) is 5.91 Å². The fourth-order valence-electron chi connectivity index (χ4n) is 2.17. The van der Waals surface area contributed by atoms with Crippen molar-refractivity contribution in [1.29, 1.82) is 0 Å². The zero-order valence-electron chi connectivity index (χ0n) is 13.0. The van der Waals surface area contributed by atoms with Gasteiger partial charge >= 0.3 is 0 Å². The van der Waals surface area contributed by atoms with Gasteiger partial charge in [0.1, 0.15) is 11.5 Å². The van der Waals surface area contributed by atoms with E-state index in [4.69, 9.17) is 9.47 Å². The molecule has 22 heavy (non-hydrogen) atoms. The SMILES string of the molecule is C=Cc1cccc(NC(=O)c2cc(OC)c(C)cc2OC)c1. The maximum Gasteiger partial charge on any atom is 0.259 e. The molecule has 0 aliphatic rings. The van der Waals surface area contributed by atoms with E-state index in [1.165, 1.54) is 7.11 Å². The molecule has 0 bridgehead atoms. The Morgan fingerprint density at radius 3 is 2.50 bits per heavy atom. The van der Waals surface area contributed by atoms with Crippen molar-refractivity contribution < 1.29 is 14.3 Å². The van der Waals surface area contributed by atoms with Gasteiger partial charge in [-0.1, -0.05) is 24.8 Å². The second-order valence-electron chi connectivity index (χ2n) is 4.81. The smallest absolute Gasteiger partial charge is 0.259 e. The molecule has 0 aliphatic heterocycles. The third-order valence-corrected chi connectivity index (χ3v) is 3.34. The number of methoxy groups -OCH3 is 2. The number of nitrogens with one attached hydrogen (secondary N) is 1. The van der Waals surface area contributed by atoms with Gasteiger partial charge in [0.15, 0.2) is 0 Å². The van der Waals surface area contributed by atoms with E-state index in [0.717, 1.165) is 11.1 Å². The number of carbonyl (C=O) groups is 1. The molecule has 2 aromatic carbocycles. The van der Waals surface area contributed by atoms with Gasteiger partial charge in [-0.25, -0.2) is 0 Å². The van der Waals surface area contributed by atoms with Crippen LogP contribution in [-0.2, 0) is 0 Å². The molecule has 1 amide bonds. The van der Waals surface area contributed by atoms with E-state index in [0.29, 0.717) is 22.7 Å². The summed E-state index contributed by atoms with van der Waals surface area (Å²) in [6, 6.07) is 10.9. The molecule has 0 fully saturated rings. The summed E-state index contributed by atoms with van der Waals surface area (Å²) >= 11 is 0. The van der Waals surface area contributed by atoms with Crippen molar-refractivity contribution in [2.45, 2.75) is 6.92 Å². The van der Waals surface area contributed by atoms with Crippen LogP contribution >= 0.6 is 0 Å². The van der Waals surface area contributed by atoms with Crippen LogP contribution in [0.2, 0.25) is 0 Å². The van der Waals surface area contributed by atoms with Crippen LogP contribution < -0.4 is 14.8 Å². The third-order valence-electron chi connectivity index (χ3n) is 3.34. The second-order valence-corrected chi connectivity index (χ2v) is 4.81. The van der Waals surface area contributed by atoms with E-state index in [1.54, 1.807) is 25.3 Å². The highest BCUT2D eigenvalue weighted by atomic mass is 16.5. The Bertz CT molecular complexity index is 707. The molecule has 0 heterocycles. The summed E-state index contributed by atoms with van der Waals surface area (Å²) in [5.41, 5.74) is 2.97. The number of amides is 1. The monoisotopic (exact) mass is 297 g/mol. The Morgan fingerprint density at radius 2 is 1.86 bits per heavy atom. The molecule has 0 unspecified atom stereocenters. The second kappa shape index (κ2) is 6.80. The van der Waals surface area contributed by atoms with Crippen LogP contribution in [0.1, 0.15) is 21.5 Å². The molecule has 0 saturated heterocycles. The zero-order chi connectivity index (χ0) is 16.1. The molecule has 0 radical (unpaired) electrons. The Labute approximate surface area is 130 Å². The molecule has 1 N–H and O–H groups in total. The summed E-state index contributed by atoms with van der Waals surface area (Å²) in [6.45, 7) is 5.62. The van der Waals surface area contributed by atoms with Crippen LogP contribution in [0.4, 0.5) is 5.69 Å². The third kappa shape index (κ3) is 3.28.